The van der Waals surface area contributed by atoms with Crippen molar-refractivity contribution >= 4 is 50.3 Å². The van der Waals surface area contributed by atoms with Crippen LogP contribution >= 0.6 is 23.1 Å². The molecule has 0 aliphatic carbocycles. The Morgan fingerprint density at radius 1 is 1.27 bits per heavy atom. The molecule has 0 radical (unpaired) electrons. The molecule has 172 valence electrons. The summed E-state index contributed by atoms with van der Waals surface area (Å²) in [5.41, 5.74) is 2.59. The quantitative estimate of drug-likeness (QED) is 0.441. The fourth-order valence-electron chi connectivity index (χ4n) is 4.31. The van der Waals surface area contributed by atoms with Crippen molar-refractivity contribution in [2.45, 2.75) is 50.5 Å². The number of hydrogen-bond donors (Lipinski definition) is 1. The Bertz CT molecular complexity index is 1350. The predicted octanol–water partition coefficient (Wildman–Crippen LogP) is 4.77. The lowest BCUT2D eigenvalue weighted by molar-refractivity contribution is -0.131. The van der Waals surface area contributed by atoms with Gasteiger partial charge in [-0.25, -0.2) is 9.97 Å². The van der Waals surface area contributed by atoms with E-state index in [2.05, 4.69) is 15.0 Å². The molecule has 33 heavy (non-hydrogen) atoms. The summed E-state index contributed by atoms with van der Waals surface area (Å²) in [6.45, 7) is 7.28. The van der Waals surface area contributed by atoms with Gasteiger partial charge in [0, 0.05) is 23.9 Å². The van der Waals surface area contributed by atoms with E-state index in [-0.39, 0.29) is 22.6 Å². The number of carbonyl (C=O) groups excluding carboxylic acids is 1. The number of piperidine rings is 1. The molecule has 9 heteroatoms. The second-order valence-electron chi connectivity index (χ2n) is 8.55. The molecule has 7 nitrogen and oxygen atoms in total. The Kier molecular flexibility index (Phi) is 6.01. The molecule has 1 aliphatic heterocycles. The maximum absolute atomic E-state index is 13.0. The van der Waals surface area contributed by atoms with Gasteiger partial charge < -0.3 is 14.3 Å². The van der Waals surface area contributed by atoms with Crippen LogP contribution in [-0.2, 0) is 10.5 Å². The van der Waals surface area contributed by atoms with Gasteiger partial charge >= 0.3 is 0 Å². The van der Waals surface area contributed by atoms with Crippen LogP contribution in [0.5, 0.6) is 0 Å². The number of thiophene rings is 1. The molecule has 1 saturated heterocycles. The van der Waals surface area contributed by atoms with Gasteiger partial charge in [-0.2, -0.15) is 0 Å². The van der Waals surface area contributed by atoms with Crippen molar-refractivity contribution in [1.29, 1.82) is 0 Å². The third-order valence-electron chi connectivity index (χ3n) is 6.37. The van der Waals surface area contributed by atoms with E-state index >= 15 is 0 Å². The van der Waals surface area contributed by atoms with Gasteiger partial charge in [0.1, 0.15) is 16.2 Å². The SMILES string of the molecule is Cc1sc2nc(CSC(C)C(=O)N3CCC(c4nc5ccccc5o4)CC3)[nH]c(=O)c2c1C. The Labute approximate surface area is 199 Å². The molecule has 5 rings (SSSR count). The molecule has 3 aromatic heterocycles. The number of H-pyrrole nitrogens is 1. The Hall–Kier alpha value is -2.65. The Morgan fingerprint density at radius 2 is 2.03 bits per heavy atom. The summed E-state index contributed by atoms with van der Waals surface area (Å²) in [4.78, 5) is 41.4. The molecule has 1 atom stereocenters. The van der Waals surface area contributed by atoms with Crippen molar-refractivity contribution in [3.63, 3.8) is 0 Å². The Balaban J connectivity index is 1.18. The third-order valence-corrected chi connectivity index (χ3v) is 8.62. The molecular formula is C24H26N4O3S2. The lowest BCUT2D eigenvalue weighted by atomic mass is 9.96. The van der Waals surface area contributed by atoms with Crippen molar-refractivity contribution in [2.75, 3.05) is 13.1 Å². The minimum atomic E-state index is -0.210. The van der Waals surface area contributed by atoms with Gasteiger partial charge in [-0.05, 0) is 51.3 Å². The summed E-state index contributed by atoms with van der Waals surface area (Å²) in [5.74, 6) is 2.25. The molecule has 1 amide bonds. The number of nitrogens with zero attached hydrogens (tertiary/aromatic N) is 3. The minimum Gasteiger partial charge on any atom is -0.440 e. The molecular weight excluding hydrogens is 456 g/mol. The first-order valence-electron chi connectivity index (χ1n) is 11.2. The maximum Gasteiger partial charge on any atom is 0.259 e. The van der Waals surface area contributed by atoms with Crippen LogP contribution in [0.1, 0.15) is 47.8 Å². The van der Waals surface area contributed by atoms with Gasteiger partial charge in [-0.3, -0.25) is 9.59 Å². The van der Waals surface area contributed by atoms with E-state index in [1.165, 1.54) is 11.8 Å². The van der Waals surface area contributed by atoms with E-state index < -0.39 is 0 Å². The largest absolute Gasteiger partial charge is 0.440 e. The van der Waals surface area contributed by atoms with Crippen molar-refractivity contribution in [2.24, 2.45) is 0 Å². The Morgan fingerprint density at radius 3 is 2.79 bits per heavy atom. The number of benzene rings is 1. The number of nitrogens with one attached hydrogen (secondary N) is 1. The predicted molar refractivity (Wildman–Crippen MR) is 133 cm³/mol. The topological polar surface area (TPSA) is 92.1 Å². The van der Waals surface area contributed by atoms with Crippen molar-refractivity contribution in [1.82, 2.24) is 19.9 Å². The molecule has 1 aliphatic rings. The monoisotopic (exact) mass is 482 g/mol. The van der Waals surface area contributed by atoms with Gasteiger partial charge in [-0.1, -0.05) is 12.1 Å². The van der Waals surface area contributed by atoms with Crippen LogP contribution in [0.2, 0.25) is 0 Å². The molecule has 4 aromatic rings. The van der Waals surface area contributed by atoms with Crippen molar-refractivity contribution in [3.8, 4) is 0 Å². The number of oxazole rings is 1. The number of aromatic amines is 1. The average Bonchev–Trinajstić information content (AvgIpc) is 3.38. The standard InChI is InChI=1S/C24H26N4O3S2/c1-13-14(2)33-23-20(13)21(29)26-19(27-23)12-32-15(3)24(30)28-10-8-16(9-11-28)22-25-17-6-4-5-7-18(17)31-22/h4-7,15-16H,8-12H2,1-3H3,(H,26,27,29). The zero-order valence-corrected chi connectivity index (χ0v) is 20.5. The van der Waals surface area contributed by atoms with Gasteiger partial charge in [0.2, 0.25) is 5.91 Å². The fourth-order valence-corrected chi connectivity index (χ4v) is 6.20. The van der Waals surface area contributed by atoms with Crippen LogP contribution in [0.3, 0.4) is 0 Å². The number of carbonyl (C=O) groups is 1. The molecule has 4 heterocycles. The third kappa shape index (κ3) is 4.31. The number of likely N-dealkylation sites (tertiary alicyclic amines) is 1. The van der Waals surface area contributed by atoms with Gasteiger partial charge in [-0.15, -0.1) is 23.1 Å². The van der Waals surface area contributed by atoms with Crippen LogP contribution in [0, 0.1) is 13.8 Å². The normalized spacial score (nSPS) is 16.0. The summed E-state index contributed by atoms with van der Waals surface area (Å²) in [5, 5.41) is 0.468. The second-order valence-corrected chi connectivity index (χ2v) is 11.1. The second kappa shape index (κ2) is 8.95. The van der Waals surface area contributed by atoms with E-state index in [1.807, 2.05) is 49.9 Å². The number of hydrogen-bond acceptors (Lipinski definition) is 7. The van der Waals surface area contributed by atoms with Crippen molar-refractivity contribution in [3.05, 3.63) is 56.8 Å². The van der Waals surface area contributed by atoms with Gasteiger partial charge in [0.25, 0.3) is 5.56 Å². The summed E-state index contributed by atoms with van der Waals surface area (Å²) in [6, 6.07) is 7.80. The number of thioether (sulfide) groups is 1. The summed E-state index contributed by atoms with van der Waals surface area (Å²) in [6.07, 6.45) is 1.69. The first kappa shape index (κ1) is 22.2. The number of rotatable bonds is 5. The highest BCUT2D eigenvalue weighted by molar-refractivity contribution is 7.99. The molecule has 0 spiro atoms. The number of para-hydroxylation sites is 2. The van der Waals surface area contributed by atoms with Crippen LogP contribution in [0.15, 0.2) is 33.5 Å². The molecule has 0 bridgehead atoms. The highest BCUT2D eigenvalue weighted by atomic mass is 32.2. The zero-order chi connectivity index (χ0) is 23.1. The van der Waals surface area contributed by atoms with E-state index in [0.29, 0.717) is 30.1 Å². The van der Waals surface area contributed by atoms with E-state index in [9.17, 15) is 9.59 Å². The number of fused-ring (bicyclic) bond motifs is 2. The van der Waals surface area contributed by atoms with E-state index in [4.69, 9.17) is 4.42 Å². The molecule has 1 N–H and O–H groups in total. The molecule has 0 saturated carbocycles. The smallest absolute Gasteiger partial charge is 0.259 e. The average molecular weight is 483 g/mol. The zero-order valence-electron chi connectivity index (χ0n) is 18.9. The highest BCUT2D eigenvalue weighted by Gasteiger charge is 2.29. The number of aromatic nitrogens is 3. The lowest BCUT2D eigenvalue weighted by Gasteiger charge is -2.32. The van der Waals surface area contributed by atoms with Gasteiger partial charge in [0.15, 0.2) is 11.5 Å². The molecule has 1 aromatic carbocycles. The van der Waals surface area contributed by atoms with E-state index in [0.717, 1.165) is 45.1 Å². The first-order chi connectivity index (χ1) is 15.9. The van der Waals surface area contributed by atoms with Crippen LogP contribution in [-0.4, -0.2) is 44.1 Å². The molecule has 1 unspecified atom stereocenters. The van der Waals surface area contributed by atoms with Crippen LogP contribution < -0.4 is 5.56 Å². The first-order valence-corrected chi connectivity index (χ1v) is 13.0. The van der Waals surface area contributed by atoms with Crippen LogP contribution in [0.25, 0.3) is 21.3 Å². The lowest BCUT2D eigenvalue weighted by Crippen LogP contribution is -2.41. The maximum atomic E-state index is 13.0. The highest BCUT2D eigenvalue weighted by Crippen LogP contribution is 2.31. The summed E-state index contributed by atoms with van der Waals surface area (Å²) < 4.78 is 5.93. The minimum absolute atomic E-state index is 0.0994. The summed E-state index contributed by atoms with van der Waals surface area (Å²) >= 11 is 3.05. The number of amides is 1. The van der Waals surface area contributed by atoms with E-state index in [1.54, 1.807) is 11.3 Å². The fraction of sp³-hybridized carbons (Fsp3) is 0.417. The summed E-state index contributed by atoms with van der Waals surface area (Å²) in [7, 11) is 0. The van der Waals surface area contributed by atoms with Gasteiger partial charge in [0.05, 0.1) is 16.4 Å². The van der Waals surface area contributed by atoms with Crippen molar-refractivity contribution < 1.29 is 9.21 Å². The van der Waals surface area contributed by atoms with Crippen LogP contribution in [0.4, 0.5) is 0 Å². The number of aryl methyl sites for hydroxylation is 2. The molecule has 1 fully saturated rings.